The number of nitrogens with zero attached hydrogens (tertiary/aromatic N) is 2. The largest absolute Gasteiger partial charge is 0.479 e. The van der Waals surface area contributed by atoms with Crippen LogP contribution < -0.4 is 4.74 Å². The van der Waals surface area contributed by atoms with E-state index in [4.69, 9.17) is 14.7 Å². The van der Waals surface area contributed by atoms with Gasteiger partial charge in [0.1, 0.15) is 11.8 Å². The molecular weight excluding hydrogens is 432 g/mol. The molecule has 2 aromatic rings. The molecule has 0 bridgehead atoms. The Morgan fingerprint density at radius 2 is 1.69 bits per heavy atom. The number of esters is 1. The van der Waals surface area contributed by atoms with Gasteiger partial charge in [-0.2, -0.15) is 9.57 Å². The van der Waals surface area contributed by atoms with Crippen molar-refractivity contribution in [1.29, 1.82) is 5.26 Å². The van der Waals surface area contributed by atoms with Crippen molar-refractivity contribution in [1.82, 2.24) is 4.31 Å². The lowest BCUT2D eigenvalue weighted by Gasteiger charge is -2.15. The van der Waals surface area contributed by atoms with E-state index in [0.717, 1.165) is 12.8 Å². The summed E-state index contributed by atoms with van der Waals surface area (Å²) in [6.45, 7) is 0.506. The molecule has 1 heterocycles. The van der Waals surface area contributed by atoms with Crippen LogP contribution in [0.4, 0.5) is 0 Å². The molecule has 0 aromatic heterocycles. The number of rotatable bonds is 9. The third-order valence-electron chi connectivity index (χ3n) is 4.82. The maximum atomic E-state index is 12.5. The Morgan fingerprint density at radius 1 is 1.03 bits per heavy atom. The molecule has 1 fully saturated rings. The van der Waals surface area contributed by atoms with Crippen molar-refractivity contribution in [2.45, 2.75) is 17.7 Å². The first-order valence-electron chi connectivity index (χ1n) is 9.98. The molecular formula is C23H22N2O6S. The molecule has 0 atom stereocenters. The van der Waals surface area contributed by atoms with Crippen LogP contribution in [0.25, 0.3) is 6.08 Å². The number of Topliss-reactive ketones (excluding diaryl/α,β-unsaturated/α-hetero) is 1. The number of nitriles is 1. The summed E-state index contributed by atoms with van der Waals surface area (Å²) in [5, 5.41) is 8.49. The summed E-state index contributed by atoms with van der Waals surface area (Å²) < 4.78 is 36.6. The van der Waals surface area contributed by atoms with Crippen LogP contribution >= 0.6 is 0 Å². The summed E-state index contributed by atoms with van der Waals surface area (Å²) in [6, 6.07) is 14.3. The molecule has 0 saturated carbocycles. The molecule has 166 valence electrons. The topological polar surface area (TPSA) is 114 Å². The first-order valence-corrected chi connectivity index (χ1v) is 11.4. The van der Waals surface area contributed by atoms with Crippen molar-refractivity contribution in [3.05, 3.63) is 65.7 Å². The summed E-state index contributed by atoms with van der Waals surface area (Å²) >= 11 is 0. The van der Waals surface area contributed by atoms with Gasteiger partial charge in [0.15, 0.2) is 19.0 Å². The molecule has 0 aliphatic carbocycles. The maximum Gasteiger partial charge on any atom is 0.331 e. The van der Waals surface area contributed by atoms with Gasteiger partial charge in [-0.1, -0.05) is 12.1 Å². The molecule has 0 amide bonds. The van der Waals surface area contributed by atoms with E-state index in [9.17, 15) is 18.0 Å². The molecule has 1 saturated heterocycles. The zero-order chi connectivity index (χ0) is 23.0. The first-order chi connectivity index (χ1) is 15.4. The predicted molar refractivity (Wildman–Crippen MR) is 116 cm³/mol. The van der Waals surface area contributed by atoms with Gasteiger partial charge in [-0.15, -0.1) is 0 Å². The third kappa shape index (κ3) is 6.03. The van der Waals surface area contributed by atoms with Crippen molar-refractivity contribution in [2.24, 2.45) is 0 Å². The van der Waals surface area contributed by atoms with Crippen LogP contribution in [0.3, 0.4) is 0 Å². The van der Waals surface area contributed by atoms with Crippen LogP contribution in [-0.2, 0) is 19.6 Å². The van der Waals surface area contributed by atoms with Gasteiger partial charge in [0, 0.05) is 24.7 Å². The van der Waals surface area contributed by atoms with Gasteiger partial charge < -0.3 is 9.47 Å². The second-order valence-corrected chi connectivity index (χ2v) is 8.95. The normalized spacial score (nSPS) is 14.2. The monoisotopic (exact) mass is 454 g/mol. The van der Waals surface area contributed by atoms with Crippen molar-refractivity contribution in [3.63, 3.8) is 0 Å². The number of benzene rings is 2. The van der Waals surface area contributed by atoms with E-state index >= 15 is 0 Å². The summed E-state index contributed by atoms with van der Waals surface area (Å²) in [5.74, 6) is -0.580. The van der Waals surface area contributed by atoms with Crippen LogP contribution in [0.15, 0.2) is 59.5 Å². The standard InChI is InChI=1S/C23H22N2O6S/c24-13-16-30-20-8-3-18(4-9-20)5-12-23(27)31-17-22(26)19-6-10-21(11-7-19)32(28,29)25-14-1-2-15-25/h3-12H,1-2,14-17H2/b12-5+. The van der Waals surface area contributed by atoms with E-state index in [1.54, 1.807) is 24.3 Å². The quantitative estimate of drug-likeness (QED) is 0.325. The summed E-state index contributed by atoms with van der Waals surface area (Å²) in [4.78, 5) is 24.3. The van der Waals surface area contributed by atoms with Gasteiger partial charge >= 0.3 is 5.97 Å². The van der Waals surface area contributed by atoms with Gasteiger partial charge in [0.05, 0.1) is 4.90 Å². The number of carbonyl (C=O) groups is 2. The van der Waals surface area contributed by atoms with E-state index < -0.39 is 28.4 Å². The highest BCUT2D eigenvalue weighted by atomic mass is 32.2. The lowest BCUT2D eigenvalue weighted by Crippen LogP contribution is -2.27. The summed E-state index contributed by atoms with van der Waals surface area (Å²) in [7, 11) is -3.54. The minimum absolute atomic E-state index is 0.0491. The zero-order valence-corrected chi connectivity index (χ0v) is 18.1. The molecule has 0 radical (unpaired) electrons. The molecule has 0 unspecified atom stereocenters. The Kier molecular flexibility index (Phi) is 7.76. The maximum absolute atomic E-state index is 12.5. The summed E-state index contributed by atoms with van der Waals surface area (Å²) in [6.07, 6.45) is 4.42. The second-order valence-electron chi connectivity index (χ2n) is 7.02. The summed E-state index contributed by atoms with van der Waals surface area (Å²) in [5.41, 5.74) is 0.975. The number of ketones is 1. The predicted octanol–water partition coefficient (Wildman–Crippen LogP) is 2.81. The van der Waals surface area contributed by atoms with Gasteiger partial charge in [-0.25, -0.2) is 13.2 Å². The zero-order valence-electron chi connectivity index (χ0n) is 17.3. The van der Waals surface area contributed by atoms with Crippen molar-refractivity contribution >= 4 is 27.9 Å². The Hall–Kier alpha value is -3.48. The highest BCUT2D eigenvalue weighted by molar-refractivity contribution is 7.89. The fraction of sp³-hybridized carbons (Fsp3) is 0.261. The smallest absolute Gasteiger partial charge is 0.331 e. The third-order valence-corrected chi connectivity index (χ3v) is 6.73. The van der Waals surface area contributed by atoms with Gasteiger partial charge in [-0.3, -0.25) is 4.79 Å². The number of hydrogen-bond donors (Lipinski definition) is 0. The molecule has 32 heavy (non-hydrogen) atoms. The van der Waals surface area contributed by atoms with Gasteiger partial charge in [-0.05, 0) is 60.9 Å². The van der Waals surface area contributed by atoms with E-state index in [0.29, 0.717) is 24.4 Å². The molecule has 2 aromatic carbocycles. The van der Waals surface area contributed by atoms with Crippen molar-refractivity contribution in [2.75, 3.05) is 26.3 Å². The lowest BCUT2D eigenvalue weighted by molar-refractivity contribution is -0.136. The number of hydrogen-bond acceptors (Lipinski definition) is 7. The van der Waals surface area contributed by atoms with Crippen LogP contribution in [0.1, 0.15) is 28.8 Å². The van der Waals surface area contributed by atoms with Crippen LogP contribution in [0.2, 0.25) is 0 Å². The Balaban J connectivity index is 1.51. The number of sulfonamides is 1. The number of carbonyl (C=O) groups excluding carboxylic acids is 2. The van der Waals surface area contributed by atoms with E-state index in [1.165, 1.54) is 40.7 Å². The Labute approximate surface area is 186 Å². The lowest BCUT2D eigenvalue weighted by atomic mass is 10.1. The molecule has 1 aliphatic rings. The fourth-order valence-electron chi connectivity index (χ4n) is 3.11. The van der Waals surface area contributed by atoms with Crippen LogP contribution in [0, 0.1) is 11.3 Å². The molecule has 9 heteroatoms. The molecule has 0 N–H and O–H groups in total. The van der Waals surface area contributed by atoms with Crippen molar-refractivity contribution < 1.29 is 27.5 Å². The highest BCUT2D eigenvalue weighted by Gasteiger charge is 2.27. The fourth-order valence-corrected chi connectivity index (χ4v) is 4.63. The number of ether oxygens (including phenoxy) is 2. The molecule has 8 nitrogen and oxygen atoms in total. The van der Waals surface area contributed by atoms with E-state index in [2.05, 4.69) is 0 Å². The van der Waals surface area contributed by atoms with Crippen LogP contribution in [0.5, 0.6) is 5.75 Å². The van der Waals surface area contributed by atoms with Gasteiger partial charge in [0.2, 0.25) is 10.0 Å². The molecule has 3 rings (SSSR count). The van der Waals surface area contributed by atoms with Crippen molar-refractivity contribution in [3.8, 4) is 11.8 Å². The molecule has 1 aliphatic heterocycles. The highest BCUT2D eigenvalue weighted by Crippen LogP contribution is 2.21. The average molecular weight is 455 g/mol. The minimum Gasteiger partial charge on any atom is -0.479 e. The van der Waals surface area contributed by atoms with Gasteiger partial charge in [0.25, 0.3) is 0 Å². The first kappa shape index (κ1) is 23.2. The molecule has 0 spiro atoms. The SMILES string of the molecule is N#CCOc1ccc(/C=C/C(=O)OCC(=O)c2ccc(S(=O)(=O)N3CCCC3)cc2)cc1. The van der Waals surface area contributed by atoms with E-state index in [-0.39, 0.29) is 17.1 Å². The Bertz CT molecular complexity index is 1130. The Morgan fingerprint density at radius 3 is 2.31 bits per heavy atom. The van der Waals surface area contributed by atoms with E-state index in [1.807, 2.05) is 6.07 Å². The second kappa shape index (κ2) is 10.7. The minimum atomic E-state index is -3.54. The average Bonchev–Trinajstić information content (AvgIpc) is 3.36. The van der Waals surface area contributed by atoms with Crippen LogP contribution in [-0.4, -0.2) is 50.8 Å².